The fourth-order valence-corrected chi connectivity index (χ4v) is 2.92. The highest BCUT2D eigenvalue weighted by molar-refractivity contribution is 6.05. The third kappa shape index (κ3) is 4.50. The molecule has 2 aromatic heterocycles. The van der Waals surface area contributed by atoms with E-state index in [9.17, 15) is 4.79 Å². The summed E-state index contributed by atoms with van der Waals surface area (Å²) < 4.78 is 5.77. The van der Waals surface area contributed by atoms with Gasteiger partial charge in [0.2, 0.25) is 0 Å². The molecule has 0 aliphatic heterocycles. The van der Waals surface area contributed by atoms with E-state index < -0.39 is 0 Å². The molecule has 0 aliphatic carbocycles. The maximum Gasteiger partial charge on any atom is 0.255 e. The number of fused-ring (bicyclic) bond motifs is 1. The van der Waals surface area contributed by atoms with Crippen LogP contribution in [0, 0.1) is 6.92 Å². The van der Waals surface area contributed by atoms with E-state index in [1.807, 2.05) is 49.4 Å². The Kier molecular flexibility index (Phi) is 5.07. The minimum absolute atomic E-state index is 0.205. The first kappa shape index (κ1) is 18.4. The molecule has 4 rings (SSSR count). The SMILES string of the molecule is Cc1ccc2cc(NC(=O)c3cccc(OCc4ccc(N)nc4)c3)ccc2n1. The number of benzene rings is 2. The third-order valence-corrected chi connectivity index (χ3v) is 4.44. The summed E-state index contributed by atoms with van der Waals surface area (Å²) in [5.74, 6) is 0.865. The summed E-state index contributed by atoms with van der Waals surface area (Å²) in [6.45, 7) is 2.30. The molecule has 3 N–H and O–H groups in total. The Bertz CT molecular complexity index is 1170. The predicted octanol–water partition coefficient (Wildman–Crippen LogP) is 4.35. The quantitative estimate of drug-likeness (QED) is 0.534. The fraction of sp³-hybridized carbons (Fsp3) is 0.0870. The van der Waals surface area contributed by atoms with Crippen molar-refractivity contribution in [2.24, 2.45) is 0 Å². The lowest BCUT2D eigenvalue weighted by Gasteiger charge is -2.10. The third-order valence-electron chi connectivity index (χ3n) is 4.44. The molecule has 0 saturated heterocycles. The molecule has 0 radical (unpaired) electrons. The summed E-state index contributed by atoms with van der Waals surface area (Å²) in [5.41, 5.74) is 9.57. The number of ether oxygens (including phenoxy) is 1. The molecule has 6 heteroatoms. The van der Waals surface area contributed by atoms with Crippen LogP contribution >= 0.6 is 0 Å². The lowest BCUT2D eigenvalue weighted by Crippen LogP contribution is -2.12. The number of carbonyl (C=O) groups excluding carboxylic acids is 1. The van der Waals surface area contributed by atoms with Gasteiger partial charge in [-0.25, -0.2) is 4.98 Å². The Morgan fingerprint density at radius 1 is 1.07 bits per heavy atom. The zero-order valence-electron chi connectivity index (χ0n) is 15.9. The minimum atomic E-state index is -0.205. The molecule has 2 heterocycles. The average molecular weight is 384 g/mol. The van der Waals surface area contributed by atoms with Crippen LogP contribution in [0.15, 0.2) is 72.9 Å². The molecule has 0 atom stereocenters. The maximum absolute atomic E-state index is 12.7. The zero-order valence-corrected chi connectivity index (χ0v) is 15.9. The fourth-order valence-electron chi connectivity index (χ4n) is 2.92. The number of aryl methyl sites for hydroxylation is 1. The monoisotopic (exact) mass is 384 g/mol. The van der Waals surface area contributed by atoms with E-state index in [2.05, 4.69) is 15.3 Å². The van der Waals surface area contributed by atoms with Crippen molar-refractivity contribution in [3.8, 4) is 5.75 Å². The minimum Gasteiger partial charge on any atom is -0.489 e. The van der Waals surface area contributed by atoms with Gasteiger partial charge in [-0.15, -0.1) is 0 Å². The summed E-state index contributed by atoms with van der Waals surface area (Å²) >= 11 is 0. The van der Waals surface area contributed by atoms with Gasteiger partial charge in [0.1, 0.15) is 18.2 Å². The Hall–Kier alpha value is -3.93. The van der Waals surface area contributed by atoms with E-state index >= 15 is 0 Å². The van der Waals surface area contributed by atoms with Gasteiger partial charge in [0.05, 0.1) is 5.52 Å². The van der Waals surface area contributed by atoms with Gasteiger partial charge in [0.15, 0.2) is 0 Å². The molecule has 29 heavy (non-hydrogen) atoms. The molecule has 1 amide bonds. The van der Waals surface area contributed by atoms with E-state index in [-0.39, 0.29) is 5.91 Å². The molecule has 4 aromatic rings. The molecule has 0 unspecified atom stereocenters. The number of nitrogens with two attached hydrogens (primary N) is 1. The van der Waals surface area contributed by atoms with Crippen molar-refractivity contribution in [2.45, 2.75) is 13.5 Å². The lowest BCUT2D eigenvalue weighted by atomic mass is 10.1. The zero-order chi connectivity index (χ0) is 20.2. The largest absolute Gasteiger partial charge is 0.489 e. The molecule has 0 bridgehead atoms. The van der Waals surface area contributed by atoms with Crippen LogP contribution in [0.2, 0.25) is 0 Å². The van der Waals surface area contributed by atoms with Gasteiger partial charge in [0, 0.05) is 34.1 Å². The van der Waals surface area contributed by atoms with E-state index in [1.165, 1.54) is 0 Å². The summed E-state index contributed by atoms with van der Waals surface area (Å²) in [6, 6.07) is 20.2. The topological polar surface area (TPSA) is 90.1 Å². The molecule has 0 aliphatic rings. The number of hydrogen-bond donors (Lipinski definition) is 2. The highest BCUT2D eigenvalue weighted by Gasteiger charge is 2.08. The second-order valence-electron chi connectivity index (χ2n) is 6.72. The molecule has 6 nitrogen and oxygen atoms in total. The number of rotatable bonds is 5. The highest BCUT2D eigenvalue weighted by Crippen LogP contribution is 2.20. The Labute approximate surface area is 168 Å². The van der Waals surface area contributed by atoms with Crippen LogP contribution in [-0.4, -0.2) is 15.9 Å². The van der Waals surface area contributed by atoms with Crippen LogP contribution in [0.5, 0.6) is 5.75 Å². The van der Waals surface area contributed by atoms with Gasteiger partial charge in [-0.2, -0.15) is 0 Å². The maximum atomic E-state index is 12.7. The Morgan fingerprint density at radius 2 is 1.97 bits per heavy atom. The second kappa shape index (κ2) is 7.98. The summed E-state index contributed by atoms with van der Waals surface area (Å²) in [5, 5.41) is 3.90. The number of anilines is 2. The first-order valence-corrected chi connectivity index (χ1v) is 9.19. The molecule has 2 aromatic carbocycles. The van der Waals surface area contributed by atoms with Crippen molar-refractivity contribution in [1.29, 1.82) is 0 Å². The molecular weight excluding hydrogens is 364 g/mol. The molecule has 0 fully saturated rings. The second-order valence-corrected chi connectivity index (χ2v) is 6.72. The van der Waals surface area contributed by atoms with Gasteiger partial charge in [-0.1, -0.05) is 18.2 Å². The standard InChI is InChI=1S/C23H20N4O2/c1-15-5-7-17-11-19(8-9-21(17)26-15)27-23(28)18-3-2-4-20(12-18)29-14-16-6-10-22(24)25-13-16/h2-13H,14H2,1H3,(H2,24,25)(H,27,28). The van der Waals surface area contributed by atoms with Crippen molar-refractivity contribution in [3.63, 3.8) is 0 Å². The molecule has 144 valence electrons. The normalized spacial score (nSPS) is 10.7. The van der Waals surface area contributed by atoms with Crippen LogP contribution in [0.3, 0.4) is 0 Å². The van der Waals surface area contributed by atoms with Crippen LogP contribution < -0.4 is 15.8 Å². The molecular formula is C23H20N4O2. The van der Waals surface area contributed by atoms with Crippen molar-refractivity contribution >= 4 is 28.3 Å². The number of nitrogen functional groups attached to an aromatic ring is 1. The predicted molar refractivity (Wildman–Crippen MR) is 114 cm³/mol. The number of hydrogen-bond acceptors (Lipinski definition) is 5. The van der Waals surface area contributed by atoms with Gasteiger partial charge < -0.3 is 15.8 Å². The number of nitrogens with one attached hydrogen (secondary N) is 1. The smallest absolute Gasteiger partial charge is 0.255 e. The Morgan fingerprint density at radius 3 is 2.79 bits per heavy atom. The highest BCUT2D eigenvalue weighted by atomic mass is 16.5. The van der Waals surface area contributed by atoms with Crippen LogP contribution in [-0.2, 0) is 6.61 Å². The van der Waals surface area contributed by atoms with E-state index in [4.69, 9.17) is 10.5 Å². The van der Waals surface area contributed by atoms with E-state index in [0.29, 0.717) is 29.4 Å². The van der Waals surface area contributed by atoms with Crippen LogP contribution in [0.25, 0.3) is 10.9 Å². The molecule has 0 spiro atoms. The van der Waals surface area contributed by atoms with Crippen molar-refractivity contribution in [1.82, 2.24) is 9.97 Å². The number of amides is 1. The van der Waals surface area contributed by atoms with Gasteiger partial charge in [-0.3, -0.25) is 9.78 Å². The molecule has 0 saturated carbocycles. The summed E-state index contributed by atoms with van der Waals surface area (Å²) in [6.07, 6.45) is 1.67. The van der Waals surface area contributed by atoms with Gasteiger partial charge in [0.25, 0.3) is 5.91 Å². The van der Waals surface area contributed by atoms with Gasteiger partial charge >= 0.3 is 0 Å². The summed E-state index contributed by atoms with van der Waals surface area (Å²) in [4.78, 5) is 21.2. The van der Waals surface area contributed by atoms with Crippen LogP contribution in [0.4, 0.5) is 11.5 Å². The first-order valence-electron chi connectivity index (χ1n) is 9.19. The number of carbonyl (C=O) groups is 1. The van der Waals surface area contributed by atoms with Crippen molar-refractivity contribution in [2.75, 3.05) is 11.1 Å². The Balaban J connectivity index is 1.45. The van der Waals surface area contributed by atoms with Crippen LogP contribution in [0.1, 0.15) is 21.6 Å². The number of aromatic nitrogens is 2. The lowest BCUT2D eigenvalue weighted by molar-refractivity contribution is 0.102. The first-order chi connectivity index (χ1) is 14.1. The number of pyridine rings is 2. The van der Waals surface area contributed by atoms with E-state index in [1.54, 1.807) is 30.5 Å². The van der Waals surface area contributed by atoms with Crippen molar-refractivity contribution < 1.29 is 9.53 Å². The average Bonchev–Trinajstić information content (AvgIpc) is 2.73. The van der Waals surface area contributed by atoms with Gasteiger partial charge in [-0.05, 0) is 55.5 Å². The van der Waals surface area contributed by atoms with E-state index in [0.717, 1.165) is 22.2 Å². The summed E-state index contributed by atoms with van der Waals surface area (Å²) in [7, 11) is 0. The van der Waals surface area contributed by atoms with Crippen molar-refractivity contribution in [3.05, 3.63) is 89.7 Å². The number of nitrogens with zero attached hydrogens (tertiary/aromatic N) is 2.